The van der Waals surface area contributed by atoms with Gasteiger partial charge in [-0.2, -0.15) is 5.10 Å². The monoisotopic (exact) mass is 374 g/mol. The summed E-state index contributed by atoms with van der Waals surface area (Å²) in [5.74, 6) is 1.66. The zero-order valence-corrected chi connectivity index (χ0v) is 15.4. The molecule has 0 atom stereocenters. The molecule has 0 unspecified atom stereocenters. The highest BCUT2D eigenvalue weighted by Crippen LogP contribution is 2.30. The van der Waals surface area contributed by atoms with Crippen molar-refractivity contribution in [2.45, 2.75) is 19.3 Å². The molecular formula is C21H22N6O. The van der Waals surface area contributed by atoms with Gasteiger partial charge in [-0.05, 0) is 55.2 Å². The molecule has 0 spiro atoms. The first-order chi connectivity index (χ1) is 13.7. The van der Waals surface area contributed by atoms with Crippen molar-refractivity contribution in [3.63, 3.8) is 0 Å². The first kappa shape index (κ1) is 17.8. The van der Waals surface area contributed by atoms with E-state index in [2.05, 4.69) is 26.2 Å². The minimum absolute atomic E-state index is 0.251. The molecule has 4 aromatic rings. The van der Waals surface area contributed by atoms with Gasteiger partial charge in [0.15, 0.2) is 5.82 Å². The van der Waals surface area contributed by atoms with Crippen molar-refractivity contribution in [1.29, 1.82) is 0 Å². The SMILES string of the molecule is Nc1nccc(-c2cc(CCCCOc3ccccc3)c3c(N)n[nH]c3c2)n1. The maximum atomic E-state index is 6.08. The van der Waals surface area contributed by atoms with Gasteiger partial charge in [0.05, 0.1) is 17.8 Å². The van der Waals surface area contributed by atoms with Crippen LogP contribution in [-0.4, -0.2) is 26.8 Å². The van der Waals surface area contributed by atoms with Crippen LogP contribution in [0.2, 0.25) is 0 Å². The van der Waals surface area contributed by atoms with E-state index in [9.17, 15) is 0 Å². The predicted molar refractivity (Wildman–Crippen MR) is 111 cm³/mol. The van der Waals surface area contributed by atoms with Crippen LogP contribution < -0.4 is 16.2 Å². The third-order valence-electron chi connectivity index (χ3n) is 4.60. The Bertz CT molecular complexity index is 1080. The highest BCUT2D eigenvalue weighted by atomic mass is 16.5. The summed E-state index contributed by atoms with van der Waals surface area (Å²) in [6.07, 6.45) is 4.44. The number of nitrogens with one attached hydrogen (secondary N) is 1. The lowest BCUT2D eigenvalue weighted by atomic mass is 9.99. The van der Waals surface area contributed by atoms with E-state index in [4.69, 9.17) is 16.2 Å². The van der Waals surface area contributed by atoms with Gasteiger partial charge >= 0.3 is 0 Å². The molecule has 142 valence electrons. The van der Waals surface area contributed by atoms with Crippen LogP contribution in [0, 0.1) is 0 Å². The Balaban J connectivity index is 1.49. The Morgan fingerprint density at radius 1 is 1.00 bits per heavy atom. The van der Waals surface area contributed by atoms with E-state index in [0.29, 0.717) is 12.4 Å². The molecule has 2 aromatic carbocycles. The number of H-pyrrole nitrogens is 1. The number of hydrogen-bond donors (Lipinski definition) is 3. The number of nitrogens with zero attached hydrogens (tertiary/aromatic N) is 3. The molecule has 28 heavy (non-hydrogen) atoms. The van der Waals surface area contributed by atoms with Crippen molar-refractivity contribution < 1.29 is 4.74 Å². The molecule has 0 saturated heterocycles. The van der Waals surface area contributed by atoms with E-state index in [1.807, 2.05) is 42.5 Å². The largest absolute Gasteiger partial charge is 0.494 e. The molecule has 0 bridgehead atoms. The first-order valence-electron chi connectivity index (χ1n) is 9.24. The second kappa shape index (κ2) is 7.96. The number of ether oxygens (including phenoxy) is 1. The third-order valence-corrected chi connectivity index (χ3v) is 4.60. The van der Waals surface area contributed by atoms with Gasteiger partial charge in [-0.25, -0.2) is 9.97 Å². The highest BCUT2D eigenvalue weighted by molar-refractivity contribution is 5.94. The average molecular weight is 374 g/mol. The molecule has 0 fully saturated rings. The van der Waals surface area contributed by atoms with E-state index in [1.165, 1.54) is 0 Å². The molecule has 0 amide bonds. The van der Waals surface area contributed by atoms with Gasteiger partial charge in [-0.1, -0.05) is 18.2 Å². The standard InChI is InChI=1S/C21H22N6O/c22-20-19-14(6-4-5-11-28-16-7-2-1-3-8-16)12-15(13-18(19)26-27-20)17-9-10-24-21(23)25-17/h1-3,7-10,12-13H,4-6,11H2,(H3,22,26,27)(H2,23,24,25). The van der Waals surface area contributed by atoms with Crippen LogP contribution in [0.4, 0.5) is 11.8 Å². The Morgan fingerprint density at radius 2 is 1.86 bits per heavy atom. The van der Waals surface area contributed by atoms with Crippen LogP contribution in [0.15, 0.2) is 54.7 Å². The van der Waals surface area contributed by atoms with Crippen LogP contribution in [0.5, 0.6) is 5.75 Å². The van der Waals surface area contributed by atoms with E-state index in [-0.39, 0.29) is 5.95 Å². The highest BCUT2D eigenvalue weighted by Gasteiger charge is 2.12. The number of fused-ring (bicyclic) bond motifs is 1. The van der Waals surface area contributed by atoms with E-state index in [0.717, 1.165) is 52.7 Å². The number of hydrogen-bond acceptors (Lipinski definition) is 6. The quantitative estimate of drug-likeness (QED) is 0.426. The van der Waals surface area contributed by atoms with Gasteiger partial charge in [0.1, 0.15) is 5.75 Å². The molecule has 0 saturated carbocycles. The maximum Gasteiger partial charge on any atom is 0.220 e. The Hall–Kier alpha value is -3.61. The number of nitrogen functional groups attached to an aromatic ring is 2. The number of aromatic amines is 1. The van der Waals surface area contributed by atoms with Crippen molar-refractivity contribution >= 4 is 22.7 Å². The molecule has 0 aliphatic carbocycles. The number of anilines is 2. The Kier molecular flexibility index (Phi) is 5.05. The van der Waals surface area contributed by atoms with Crippen molar-refractivity contribution in [2.24, 2.45) is 0 Å². The molecule has 5 N–H and O–H groups in total. The van der Waals surface area contributed by atoms with Gasteiger partial charge in [-0.15, -0.1) is 0 Å². The summed E-state index contributed by atoms with van der Waals surface area (Å²) in [6.45, 7) is 0.677. The lowest BCUT2D eigenvalue weighted by molar-refractivity contribution is 0.307. The summed E-state index contributed by atoms with van der Waals surface area (Å²) in [5, 5.41) is 8.13. The maximum absolute atomic E-state index is 6.08. The molecule has 4 rings (SSSR count). The Morgan fingerprint density at radius 3 is 2.68 bits per heavy atom. The van der Waals surface area contributed by atoms with Crippen LogP contribution in [0.25, 0.3) is 22.2 Å². The summed E-state index contributed by atoms with van der Waals surface area (Å²) in [7, 11) is 0. The van der Waals surface area contributed by atoms with Crippen LogP contribution in [-0.2, 0) is 6.42 Å². The second-order valence-corrected chi connectivity index (χ2v) is 6.59. The number of aromatic nitrogens is 4. The predicted octanol–water partition coefficient (Wildman–Crippen LogP) is 3.59. The summed E-state index contributed by atoms with van der Waals surface area (Å²) in [6, 6.07) is 15.8. The smallest absolute Gasteiger partial charge is 0.220 e. The second-order valence-electron chi connectivity index (χ2n) is 6.59. The summed E-state index contributed by atoms with van der Waals surface area (Å²) < 4.78 is 5.77. The van der Waals surface area contributed by atoms with Gasteiger partial charge in [0.2, 0.25) is 5.95 Å². The molecule has 0 aliphatic rings. The molecule has 7 nitrogen and oxygen atoms in total. The van der Waals surface area contributed by atoms with Crippen molar-refractivity contribution in [3.05, 3.63) is 60.3 Å². The van der Waals surface area contributed by atoms with Crippen molar-refractivity contribution in [1.82, 2.24) is 20.2 Å². The van der Waals surface area contributed by atoms with Crippen LogP contribution >= 0.6 is 0 Å². The number of para-hydroxylation sites is 1. The van der Waals surface area contributed by atoms with Gasteiger partial charge in [0.25, 0.3) is 0 Å². The molecule has 2 aromatic heterocycles. The number of rotatable bonds is 7. The fourth-order valence-electron chi connectivity index (χ4n) is 3.27. The minimum atomic E-state index is 0.251. The minimum Gasteiger partial charge on any atom is -0.494 e. The van der Waals surface area contributed by atoms with Crippen LogP contribution in [0.1, 0.15) is 18.4 Å². The molecule has 2 heterocycles. The summed E-state index contributed by atoms with van der Waals surface area (Å²) >= 11 is 0. The first-order valence-corrected chi connectivity index (χ1v) is 9.24. The molecular weight excluding hydrogens is 352 g/mol. The number of unbranched alkanes of at least 4 members (excludes halogenated alkanes) is 1. The summed E-state index contributed by atoms with van der Waals surface area (Å²) in [4.78, 5) is 8.28. The fourth-order valence-corrected chi connectivity index (χ4v) is 3.27. The Labute approximate surface area is 162 Å². The summed E-state index contributed by atoms with van der Waals surface area (Å²) in [5.41, 5.74) is 15.6. The van der Waals surface area contributed by atoms with Gasteiger partial charge in [0, 0.05) is 17.1 Å². The zero-order chi connectivity index (χ0) is 19.3. The van der Waals surface area contributed by atoms with Crippen LogP contribution in [0.3, 0.4) is 0 Å². The normalized spacial score (nSPS) is 11.0. The van der Waals surface area contributed by atoms with Crippen molar-refractivity contribution in [3.8, 4) is 17.0 Å². The van der Waals surface area contributed by atoms with E-state index >= 15 is 0 Å². The van der Waals surface area contributed by atoms with E-state index < -0.39 is 0 Å². The van der Waals surface area contributed by atoms with Gasteiger partial charge < -0.3 is 16.2 Å². The molecule has 0 aliphatic heterocycles. The van der Waals surface area contributed by atoms with Crippen molar-refractivity contribution in [2.75, 3.05) is 18.1 Å². The fraction of sp³-hybridized carbons (Fsp3) is 0.190. The lowest BCUT2D eigenvalue weighted by Gasteiger charge is -2.09. The lowest BCUT2D eigenvalue weighted by Crippen LogP contribution is -1.99. The third kappa shape index (κ3) is 3.88. The van der Waals surface area contributed by atoms with Gasteiger partial charge in [-0.3, -0.25) is 5.10 Å². The van der Waals surface area contributed by atoms with E-state index in [1.54, 1.807) is 6.20 Å². The number of aryl methyl sites for hydroxylation is 1. The number of nitrogens with two attached hydrogens (primary N) is 2. The molecule has 0 radical (unpaired) electrons. The molecule has 7 heteroatoms. The number of benzene rings is 2. The zero-order valence-electron chi connectivity index (χ0n) is 15.4. The topological polar surface area (TPSA) is 116 Å². The average Bonchev–Trinajstić information content (AvgIpc) is 3.09.